The average molecular weight is 284 g/mol. The van der Waals surface area contributed by atoms with E-state index in [1.165, 1.54) is 25.7 Å². The van der Waals surface area contributed by atoms with Crippen molar-refractivity contribution in [2.75, 3.05) is 38.2 Å². The fraction of sp³-hybridized carbons (Fsp3) is 0.692. The Morgan fingerprint density at radius 2 is 2.05 bits per heavy atom. The maximum atomic E-state index is 5.89. The summed E-state index contributed by atoms with van der Waals surface area (Å²) in [5, 5.41) is 3.75. The van der Waals surface area contributed by atoms with E-state index in [1.807, 2.05) is 0 Å². The third-order valence-electron chi connectivity index (χ3n) is 3.67. The van der Waals surface area contributed by atoms with Crippen molar-refractivity contribution in [2.45, 2.75) is 25.7 Å². The lowest BCUT2D eigenvalue weighted by Gasteiger charge is -2.32. The summed E-state index contributed by atoms with van der Waals surface area (Å²) in [6.45, 7) is 1.99. The molecule has 1 heterocycles. The summed E-state index contributed by atoms with van der Waals surface area (Å²) in [6, 6.07) is 1.72. The predicted octanol–water partition coefficient (Wildman–Crippen LogP) is 2.25. The fourth-order valence-electron chi connectivity index (χ4n) is 2.99. The van der Waals surface area contributed by atoms with Crippen molar-refractivity contribution in [3.8, 4) is 0 Å². The lowest BCUT2D eigenvalue weighted by atomic mass is 9.85. The van der Waals surface area contributed by atoms with Crippen molar-refractivity contribution in [1.29, 1.82) is 0 Å². The molecule has 0 spiro atoms. The maximum absolute atomic E-state index is 5.89. The molecule has 0 aromatic carbocycles. The van der Waals surface area contributed by atoms with Gasteiger partial charge in [-0.05, 0) is 26.9 Å². The molecule has 0 radical (unpaired) electrons. The third kappa shape index (κ3) is 3.94. The van der Waals surface area contributed by atoms with Gasteiger partial charge in [0, 0.05) is 24.6 Å². The van der Waals surface area contributed by atoms with Crippen LogP contribution in [0.4, 0.5) is 11.8 Å². The number of hydrogen-bond acceptors (Lipinski definition) is 5. The molecule has 1 aliphatic carbocycles. The van der Waals surface area contributed by atoms with E-state index in [9.17, 15) is 0 Å². The first-order chi connectivity index (χ1) is 8.99. The van der Waals surface area contributed by atoms with Crippen LogP contribution in [0.1, 0.15) is 25.7 Å². The van der Waals surface area contributed by atoms with Crippen molar-refractivity contribution >= 4 is 23.4 Å². The second-order valence-corrected chi connectivity index (χ2v) is 6.12. The summed E-state index contributed by atoms with van der Waals surface area (Å²) >= 11 is 5.89. The SMILES string of the molecule is CN(C)CC1(CNc2cc(Cl)nc(N)n2)CCCC1. The first kappa shape index (κ1) is 14.3. The van der Waals surface area contributed by atoms with Gasteiger partial charge in [-0.2, -0.15) is 4.98 Å². The van der Waals surface area contributed by atoms with Crippen LogP contribution in [0.2, 0.25) is 5.15 Å². The highest BCUT2D eigenvalue weighted by Crippen LogP contribution is 2.38. The molecule has 1 aromatic rings. The van der Waals surface area contributed by atoms with E-state index in [0.29, 0.717) is 16.4 Å². The van der Waals surface area contributed by atoms with Gasteiger partial charge in [0.1, 0.15) is 11.0 Å². The molecule has 5 nitrogen and oxygen atoms in total. The molecule has 0 aliphatic heterocycles. The highest BCUT2D eigenvalue weighted by Gasteiger charge is 2.34. The topological polar surface area (TPSA) is 67.1 Å². The van der Waals surface area contributed by atoms with Gasteiger partial charge < -0.3 is 16.0 Å². The third-order valence-corrected chi connectivity index (χ3v) is 3.87. The Bertz CT molecular complexity index is 409. The number of nitrogen functional groups attached to an aromatic ring is 1. The van der Waals surface area contributed by atoms with Gasteiger partial charge in [0.2, 0.25) is 5.95 Å². The highest BCUT2D eigenvalue weighted by atomic mass is 35.5. The lowest BCUT2D eigenvalue weighted by molar-refractivity contribution is 0.215. The van der Waals surface area contributed by atoms with Crippen molar-refractivity contribution in [3.63, 3.8) is 0 Å². The van der Waals surface area contributed by atoms with Crippen molar-refractivity contribution < 1.29 is 0 Å². The molecule has 106 valence electrons. The van der Waals surface area contributed by atoms with E-state index < -0.39 is 0 Å². The number of halogens is 1. The lowest BCUT2D eigenvalue weighted by Crippen LogP contribution is -2.37. The van der Waals surface area contributed by atoms with E-state index >= 15 is 0 Å². The number of nitrogens with two attached hydrogens (primary N) is 1. The molecular formula is C13H22ClN5. The molecule has 0 amide bonds. The quantitative estimate of drug-likeness (QED) is 0.811. The van der Waals surface area contributed by atoms with Gasteiger partial charge in [0.25, 0.3) is 0 Å². The Balaban J connectivity index is 2.02. The second kappa shape index (κ2) is 5.92. The first-order valence-corrected chi connectivity index (χ1v) is 7.06. The van der Waals surface area contributed by atoms with Gasteiger partial charge in [-0.3, -0.25) is 0 Å². The van der Waals surface area contributed by atoms with E-state index in [0.717, 1.165) is 13.1 Å². The zero-order valence-electron chi connectivity index (χ0n) is 11.6. The molecule has 19 heavy (non-hydrogen) atoms. The van der Waals surface area contributed by atoms with Gasteiger partial charge in [-0.1, -0.05) is 24.4 Å². The fourth-order valence-corrected chi connectivity index (χ4v) is 3.18. The molecule has 1 aromatic heterocycles. The summed E-state index contributed by atoms with van der Waals surface area (Å²) in [5.74, 6) is 0.922. The van der Waals surface area contributed by atoms with E-state index in [4.69, 9.17) is 17.3 Å². The van der Waals surface area contributed by atoms with Crippen molar-refractivity contribution in [1.82, 2.24) is 14.9 Å². The van der Waals surface area contributed by atoms with Crippen LogP contribution in [0.5, 0.6) is 0 Å². The minimum Gasteiger partial charge on any atom is -0.369 e. The Morgan fingerprint density at radius 3 is 2.63 bits per heavy atom. The van der Waals surface area contributed by atoms with Gasteiger partial charge in [0.05, 0.1) is 0 Å². The molecule has 2 rings (SSSR count). The van der Waals surface area contributed by atoms with Crippen LogP contribution >= 0.6 is 11.6 Å². The van der Waals surface area contributed by atoms with Gasteiger partial charge in [0.15, 0.2) is 0 Å². The minimum absolute atomic E-state index is 0.211. The number of anilines is 2. The Kier molecular flexibility index (Phi) is 4.47. The number of nitrogens with zero attached hydrogens (tertiary/aromatic N) is 3. The zero-order chi connectivity index (χ0) is 13.9. The number of hydrogen-bond donors (Lipinski definition) is 2. The summed E-state index contributed by atoms with van der Waals surface area (Å²) in [5.41, 5.74) is 5.93. The van der Waals surface area contributed by atoms with Crippen molar-refractivity contribution in [3.05, 3.63) is 11.2 Å². The van der Waals surface area contributed by atoms with Gasteiger partial charge >= 0.3 is 0 Å². The molecule has 1 aliphatic rings. The largest absolute Gasteiger partial charge is 0.369 e. The average Bonchev–Trinajstić information content (AvgIpc) is 2.73. The Labute approximate surface area is 119 Å². The highest BCUT2D eigenvalue weighted by molar-refractivity contribution is 6.29. The monoisotopic (exact) mass is 283 g/mol. The standard InChI is InChI=1S/C13H22ClN5/c1-19(2)9-13(5-3-4-6-13)8-16-11-7-10(14)17-12(15)18-11/h7H,3-6,8-9H2,1-2H3,(H3,15,16,17,18). The number of aromatic nitrogens is 2. The molecule has 0 atom stereocenters. The molecule has 0 unspecified atom stereocenters. The Morgan fingerprint density at radius 1 is 1.37 bits per heavy atom. The van der Waals surface area contributed by atoms with Crippen LogP contribution in [0.15, 0.2) is 6.07 Å². The van der Waals surface area contributed by atoms with Crippen LogP contribution in [0, 0.1) is 5.41 Å². The zero-order valence-corrected chi connectivity index (χ0v) is 12.4. The molecule has 0 saturated heterocycles. The van der Waals surface area contributed by atoms with E-state index in [2.05, 4.69) is 34.3 Å². The minimum atomic E-state index is 0.211. The predicted molar refractivity (Wildman–Crippen MR) is 79.4 cm³/mol. The van der Waals surface area contributed by atoms with Crippen LogP contribution in [0.3, 0.4) is 0 Å². The molecular weight excluding hydrogens is 262 g/mol. The summed E-state index contributed by atoms with van der Waals surface area (Å²) in [6.07, 6.45) is 5.13. The van der Waals surface area contributed by atoms with Crippen LogP contribution in [-0.4, -0.2) is 42.1 Å². The second-order valence-electron chi connectivity index (χ2n) is 5.73. The normalized spacial score (nSPS) is 17.9. The van der Waals surface area contributed by atoms with E-state index in [-0.39, 0.29) is 5.95 Å². The molecule has 3 N–H and O–H groups in total. The summed E-state index contributed by atoms with van der Waals surface area (Å²) in [4.78, 5) is 10.3. The smallest absolute Gasteiger partial charge is 0.223 e. The molecule has 0 bridgehead atoms. The molecule has 1 saturated carbocycles. The van der Waals surface area contributed by atoms with Gasteiger partial charge in [-0.15, -0.1) is 0 Å². The van der Waals surface area contributed by atoms with Crippen LogP contribution in [0.25, 0.3) is 0 Å². The van der Waals surface area contributed by atoms with Gasteiger partial charge in [-0.25, -0.2) is 4.98 Å². The van der Waals surface area contributed by atoms with E-state index in [1.54, 1.807) is 6.07 Å². The maximum Gasteiger partial charge on any atom is 0.223 e. The first-order valence-electron chi connectivity index (χ1n) is 6.68. The molecule has 1 fully saturated rings. The number of rotatable bonds is 5. The summed E-state index contributed by atoms with van der Waals surface area (Å²) < 4.78 is 0. The molecule has 6 heteroatoms. The van der Waals surface area contributed by atoms with Crippen LogP contribution in [-0.2, 0) is 0 Å². The van der Waals surface area contributed by atoms with Crippen molar-refractivity contribution in [2.24, 2.45) is 5.41 Å². The van der Waals surface area contributed by atoms with Crippen LogP contribution < -0.4 is 11.1 Å². The summed E-state index contributed by atoms with van der Waals surface area (Å²) in [7, 11) is 4.25. The Hall–Kier alpha value is -1.07. The number of nitrogens with one attached hydrogen (secondary N) is 1.